The lowest BCUT2D eigenvalue weighted by atomic mass is 9.99. The molecule has 2 atom stereocenters. The number of fused-ring (bicyclic) bond motifs is 2. The van der Waals surface area contributed by atoms with Crippen LogP contribution in [0, 0.1) is 0 Å². The van der Waals surface area contributed by atoms with Crippen LogP contribution in [0.5, 0.6) is 0 Å². The molecule has 0 unspecified atom stereocenters. The summed E-state index contributed by atoms with van der Waals surface area (Å²) in [6.45, 7) is 0.118. The van der Waals surface area contributed by atoms with Gasteiger partial charge in [0.05, 0.1) is 18.3 Å². The van der Waals surface area contributed by atoms with Crippen LogP contribution in [0.1, 0.15) is 71.8 Å². The number of rotatable bonds is 7. The van der Waals surface area contributed by atoms with Gasteiger partial charge in [0, 0.05) is 41.5 Å². The number of aromatic carboxylic acids is 1. The smallest absolute Gasteiger partial charge is 0.434 e. The standard InChI is InChI=1S/C26H25F3N4O4/c27-26(28,29)24-19(2-1-9-30-24)22-20(23(37-32-22)14-3-4-14)13-36-18-10-16-6-7-17(11-18)33(16)21-8-5-15(12-31-21)25(34)35/h1-2,5,8-9,12,14,16-18H,3-4,6-7,10-11,13H2,(H,34,35)/t16-,17-/m0/s1. The summed E-state index contributed by atoms with van der Waals surface area (Å²) in [7, 11) is 0. The molecule has 3 aromatic heterocycles. The summed E-state index contributed by atoms with van der Waals surface area (Å²) in [5, 5.41) is 13.2. The summed E-state index contributed by atoms with van der Waals surface area (Å²) in [6, 6.07) is 6.54. The Bertz CT molecular complexity index is 1290. The number of piperidine rings is 1. The van der Waals surface area contributed by atoms with Gasteiger partial charge in [0.25, 0.3) is 0 Å². The van der Waals surface area contributed by atoms with Crippen molar-refractivity contribution in [3.63, 3.8) is 0 Å². The van der Waals surface area contributed by atoms with Gasteiger partial charge in [0.2, 0.25) is 0 Å². The van der Waals surface area contributed by atoms with Crippen LogP contribution in [-0.4, -0.2) is 44.4 Å². The molecule has 2 bridgehead atoms. The highest BCUT2D eigenvalue weighted by atomic mass is 19.4. The average Bonchev–Trinajstić information content (AvgIpc) is 3.58. The number of pyridine rings is 2. The van der Waals surface area contributed by atoms with Gasteiger partial charge in [-0.1, -0.05) is 5.16 Å². The van der Waals surface area contributed by atoms with E-state index in [-0.39, 0.29) is 47.5 Å². The molecule has 0 aromatic carbocycles. The van der Waals surface area contributed by atoms with Crippen molar-refractivity contribution in [3.05, 3.63) is 59.2 Å². The fraction of sp³-hybridized carbons (Fsp3) is 0.462. The zero-order valence-electron chi connectivity index (χ0n) is 19.8. The SMILES string of the molecule is O=C(O)c1ccc(N2[C@H]3CC[C@H]2CC(OCc2c(-c4cccnc4C(F)(F)F)noc2C2CC2)C3)nc1. The van der Waals surface area contributed by atoms with E-state index < -0.39 is 17.8 Å². The number of alkyl halides is 3. The molecule has 5 heterocycles. The van der Waals surface area contributed by atoms with E-state index >= 15 is 0 Å². The van der Waals surface area contributed by atoms with Crippen LogP contribution in [0.15, 0.2) is 41.2 Å². The number of ether oxygens (including phenoxy) is 1. The van der Waals surface area contributed by atoms with Crippen molar-refractivity contribution in [2.75, 3.05) is 4.90 Å². The first kappa shape index (κ1) is 23.9. The highest BCUT2D eigenvalue weighted by Crippen LogP contribution is 2.46. The molecule has 1 aliphatic carbocycles. The van der Waals surface area contributed by atoms with Gasteiger partial charge in [-0.2, -0.15) is 13.2 Å². The van der Waals surface area contributed by atoms with E-state index in [1.807, 2.05) is 0 Å². The maximum atomic E-state index is 13.7. The minimum absolute atomic E-state index is 0.0715. The van der Waals surface area contributed by atoms with Crippen LogP contribution in [0.3, 0.4) is 0 Å². The van der Waals surface area contributed by atoms with Gasteiger partial charge in [-0.05, 0) is 62.8 Å². The number of nitrogens with zero attached hydrogens (tertiary/aromatic N) is 4. The van der Waals surface area contributed by atoms with E-state index in [0.717, 1.165) is 50.5 Å². The maximum Gasteiger partial charge on any atom is 0.434 e. The van der Waals surface area contributed by atoms with Crippen molar-refractivity contribution < 1.29 is 32.3 Å². The van der Waals surface area contributed by atoms with Crippen LogP contribution in [-0.2, 0) is 17.5 Å². The minimum Gasteiger partial charge on any atom is -0.478 e. The second-order valence-electron chi connectivity index (χ2n) is 9.95. The summed E-state index contributed by atoms with van der Waals surface area (Å²) in [6.07, 6.45) is 3.09. The van der Waals surface area contributed by atoms with E-state index in [2.05, 4.69) is 20.0 Å². The molecule has 1 saturated carbocycles. The lowest BCUT2D eigenvalue weighted by Gasteiger charge is -2.39. The zero-order chi connectivity index (χ0) is 25.7. The van der Waals surface area contributed by atoms with Gasteiger partial charge < -0.3 is 19.3 Å². The Labute approximate surface area is 210 Å². The molecule has 8 nitrogen and oxygen atoms in total. The molecule has 1 N–H and O–H groups in total. The molecule has 3 fully saturated rings. The first-order valence-corrected chi connectivity index (χ1v) is 12.4. The first-order valence-electron chi connectivity index (χ1n) is 12.4. The number of carboxylic acid groups (broad SMARTS) is 1. The molecule has 3 aromatic rings. The number of carboxylic acids is 1. The highest BCUT2D eigenvalue weighted by molar-refractivity contribution is 5.87. The molecule has 2 saturated heterocycles. The topological polar surface area (TPSA) is 102 Å². The Morgan fingerprint density at radius 2 is 1.86 bits per heavy atom. The van der Waals surface area contributed by atoms with Gasteiger partial charge in [-0.25, -0.2) is 9.78 Å². The zero-order valence-corrected chi connectivity index (χ0v) is 19.8. The molecule has 0 radical (unpaired) electrons. The predicted molar refractivity (Wildman–Crippen MR) is 125 cm³/mol. The Balaban J connectivity index is 1.20. The van der Waals surface area contributed by atoms with Crippen molar-refractivity contribution >= 4 is 11.8 Å². The Morgan fingerprint density at radius 3 is 2.49 bits per heavy atom. The van der Waals surface area contributed by atoms with Crippen LogP contribution >= 0.6 is 0 Å². The van der Waals surface area contributed by atoms with Crippen LogP contribution in [0.25, 0.3) is 11.3 Å². The molecular weight excluding hydrogens is 489 g/mol. The number of halogens is 3. The van der Waals surface area contributed by atoms with Crippen molar-refractivity contribution in [1.29, 1.82) is 0 Å². The Morgan fingerprint density at radius 1 is 1.11 bits per heavy atom. The van der Waals surface area contributed by atoms with E-state index in [4.69, 9.17) is 14.4 Å². The molecule has 0 amide bonds. The summed E-state index contributed by atoms with van der Waals surface area (Å²) in [5.74, 6) is 0.504. The van der Waals surface area contributed by atoms with E-state index in [9.17, 15) is 18.0 Å². The summed E-state index contributed by atoms with van der Waals surface area (Å²) in [4.78, 5) is 21.3. The van der Waals surface area contributed by atoms with Crippen LogP contribution in [0.2, 0.25) is 0 Å². The van der Waals surface area contributed by atoms with Crippen molar-refractivity contribution in [2.45, 2.75) is 75.4 Å². The van der Waals surface area contributed by atoms with Crippen LogP contribution < -0.4 is 4.90 Å². The number of carbonyl (C=O) groups is 1. The highest BCUT2D eigenvalue weighted by Gasteiger charge is 2.43. The van der Waals surface area contributed by atoms with Crippen molar-refractivity contribution in [1.82, 2.24) is 15.1 Å². The van der Waals surface area contributed by atoms with E-state index in [0.29, 0.717) is 11.3 Å². The van der Waals surface area contributed by atoms with E-state index in [1.54, 1.807) is 12.1 Å². The number of anilines is 1. The summed E-state index contributed by atoms with van der Waals surface area (Å²) < 4.78 is 52.9. The molecule has 37 heavy (non-hydrogen) atoms. The van der Waals surface area contributed by atoms with Gasteiger partial charge in [-0.15, -0.1) is 0 Å². The van der Waals surface area contributed by atoms with Gasteiger partial charge in [0.15, 0.2) is 5.69 Å². The molecule has 0 spiro atoms. The monoisotopic (exact) mass is 514 g/mol. The summed E-state index contributed by atoms with van der Waals surface area (Å²) in [5.41, 5.74) is -0.227. The Kier molecular flexibility index (Phi) is 5.89. The third kappa shape index (κ3) is 4.56. The molecule has 3 aliphatic rings. The molecule has 11 heteroatoms. The maximum absolute atomic E-state index is 13.7. The third-order valence-corrected chi connectivity index (χ3v) is 7.51. The van der Waals surface area contributed by atoms with Gasteiger partial charge in [0.1, 0.15) is 17.3 Å². The van der Waals surface area contributed by atoms with E-state index in [1.165, 1.54) is 18.3 Å². The molecular formula is C26H25F3N4O4. The second kappa shape index (κ2) is 9.13. The van der Waals surface area contributed by atoms with Crippen molar-refractivity contribution in [3.8, 4) is 11.3 Å². The molecule has 2 aliphatic heterocycles. The first-order chi connectivity index (χ1) is 17.8. The fourth-order valence-corrected chi connectivity index (χ4v) is 5.67. The average molecular weight is 515 g/mol. The molecule has 6 rings (SSSR count). The fourth-order valence-electron chi connectivity index (χ4n) is 5.67. The minimum atomic E-state index is -4.61. The lowest BCUT2D eigenvalue weighted by molar-refractivity contribution is -0.140. The summed E-state index contributed by atoms with van der Waals surface area (Å²) >= 11 is 0. The quantitative estimate of drug-likeness (QED) is 0.445. The lowest BCUT2D eigenvalue weighted by Crippen LogP contribution is -2.46. The normalized spacial score (nSPS) is 23.4. The van der Waals surface area contributed by atoms with Gasteiger partial charge in [-0.3, -0.25) is 4.98 Å². The third-order valence-electron chi connectivity index (χ3n) is 7.51. The predicted octanol–water partition coefficient (Wildman–Crippen LogP) is 5.44. The van der Waals surface area contributed by atoms with Crippen molar-refractivity contribution in [2.24, 2.45) is 0 Å². The second-order valence-corrected chi connectivity index (χ2v) is 9.95. The number of aromatic nitrogens is 3. The van der Waals surface area contributed by atoms with Gasteiger partial charge >= 0.3 is 12.1 Å². The molecule has 194 valence electrons. The van der Waals surface area contributed by atoms with Crippen LogP contribution in [0.4, 0.5) is 19.0 Å². The largest absolute Gasteiger partial charge is 0.478 e. The Hall–Kier alpha value is -3.47. The number of hydrogen-bond donors (Lipinski definition) is 1. The number of hydrogen-bond acceptors (Lipinski definition) is 7.